The Morgan fingerprint density at radius 3 is 2.33 bits per heavy atom. The molecule has 0 saturated heterocycles. The van der Waals surface area contributed by atoms with Gasteiger partial charge in [0, 0.05) is 21.1 Å². The molecule has 0 N–H and O–H groups in total. The van der Waals surface area contributed by atoms with Crippen molar-refractivity contribution < 1.29 is 13.9 Å². The molecule has 0 aromatic heterocycles. The Bertz CT molecular complexity index is 109. The number of ether oxygens (including phenoxy) is 2. The lowest BCUT2D eigenvalue weighted by Gasteiger charge is -2.26. The first-order chi connectivity index (χ1) is 5.68. The Hall–Kier alpha value is 0.447. The molecule has 5 heteroatoms. The second kappa shape index (κ2) is 6.91. The molecule has 0 fully saturated rings. The molecule has 0 unspecified atom stereocenters. The molecule has 0 radical (unpaired) electrons. The van der Waals surface area contributed by atoms with Crippen LogP contribution in [0.5, 0.6) is 0 Å². The Kier molecular flexibility index (Phi) is 7.17. The van der Waals surface area contributed by atoms with Crippen molar-refractivity contribution >= 4 is 22.4 Å². The Morgan fingerprint density at radius 2 is 1.92 bits per heavy atom. The normalized spacial score (nSPS) is 13.0. The van der Waals surface area contributed by atoms with Crippen molar-refractivity contribution in [3.8, 4) is 0 Å². The molecule has 0 aliphatic carbocycles. The number of rotatable bonds is 7. The second-order valence-corrected chi connectivity index (χ2v) is 4.40. The van der Waals surface area contributed by atoms with E-state index in [-0.39, 0.29) is 0 Å². The van der Waals surface area contributed by atoms with E-state index in [1.54, 1.807) is 21.1 Å². The fraction of sp³-hybridized carbons (Fsp3) is 1.00. The maximum Gasteiger partial charge on any atom is 0.269 e. The lowest BCUT2D eigenvalue weighted by atomic mass is 10.6. The molecule has 0 spiro atoms. The first-order valence-corrected chi connectivity index (χ1v) is 6.24. The maximum atomic E-state index is 5.49. The van der Waals surface area contributed by atoms with Crippen LogP contribution in [0.2, 0.25) is 6.04 Å². The molecular formula is C7H18O3SSi. The number of thiol groups is 1. The average Bonchev–Trinajstić information content (AvgIpc) is 2.12. The Labute approximate surface area is 82.1 Å². The summed E-state index contributed by atoms with van der Waals surface area (Å²) in [4.78, 5) is 0. The van der Waals surface area contributed by atoms with E-state index < -0.39 is 15.7 Å². The Morgan fingerprint density at radius 1 is 1.33 bits per heavy atom. The molecule has 0 aliphatic rings. The summed E-state index contributed by atoms with van der Waals surface area (Å²) < 4.78 is 15.6. The highest BCUT2D eigenvalue weighted by Crippen LogP contribution is 2.11. The molecule has 3 nitrogen and oxygen atoms in total. The van der Waals surface area contributed by atoms with Crippen LogP contribution in [0.3, 0.4) is 0 Å². The van der Waals surface area contributed by atoms with Gasteiger partial charge >= 0.3 is 0 Å². The summed E-state index contributed by atoms with van der Waals surface area (Å²) in [5.41, 5.74) is 0. The van der Waals surface area contributed by atoms with Gasteiger partial charge in [0.25, 0.3) is 5.97 Å². The van der Waals surface area contributed by atoms with Crippen LogP contribution in [-0.4, -0.2) is 35.7 Å². The summed E-state index contributed by atoms with van der Waals surface area (Å²) in [7, 11) is 2.64. The first-order valence-electron chi connectivity index (χ1n) is 4.03. The molecule has 0 atom stereocenters. The van der Waals surface area contributed by atoms with Crippen molar-refractivity contribution in [2.75, 3.05) is 20.0 Å². The average molecular weight is 210 g/mol. The molecular weight excluding hydrogens is 192 g/mol. The topological polar surface area (TPSA) is 27.7 Å². The molecule has 74 valence electrons. The minimum absolute atomic E-state index is 0.525. The smallest absolute Gasteiger partial charge is 0.269 e. The van der Waals surface area contributed by atoms with Gasteiger partial charge in [-0.25, -0.2) is 0 Å². The summed E-state index contributed by atoms with van der Waals surface area (Å²) in [6.07, 6.45) is 1.11. The zero-order valence-corrected chi connectivity index (χ0v) is 10.3. The molecule has 0 amide bonds. The van der Waals surface area contributed by atoms with E-state index >= 15 is 0 Å². The van der Waals surface area contributed by atoms with Crippen LogP contribution < -0.4 is 0 Å². The van der Waals surface area contributed by atoms with Crippen molar-refractivity contribution in [2.45, 2.75) is 25.4 Å². The Balaban J connectivity index is 3.45. The number of hydrogen-bond donors (Lipinski definition) is 1. The van der Waals surface area contributed by atoms with Crippen molar-refractivity contribution in [3.63, 3.8) is 0 Å². The van der Waals surface area contributed by atoms with Gasteiger partial charge in [0.15, 0.2) is 9.76 Å². The van der Waals surface area contributed by atoms with Crippen LogP contribution in [0.1, 0.15) is 13.3 Å². The second-order valence-electron chi connectivity index (χ2n) is 2.55. The molecule has 0 rings (SSSR count). The van der Waals surface area contributed by atoms with Gasteiger partial charge in [-0.15, -0.1) is 0 Å². The number of hydrogen-bond acceptors (Lipinski definition) is 4. The van der Waals surface area contributed by atoms with Crippen molar-refractivity contribution in [1.82, 2.24) is 0 Å². The quantitative estimate of drug-likeness (QED) is 0.291. The molecule has 0 aliphatic heterocycles. The lowest BCUT2D eigenvalue weighted by Crippen LogP contribution is -2.34. The fourth-order valence-electron chi connectivity index (χ4n) is 0.673. The molecule has 0 saturated carbocycles. The van der Waals surface area contributed by atoms with Crippen LogP contribution >= 0.6 is 12.6 Å². The van der Waals surface area contributed by atoms with Gasteiger partial charge in [-0.3, -0.25) is 0 Å². The van der Waals surface area contributed by atoms with E-state index in [4.69, 9.17) is 13.9 Å². The van der Waals surface area contributed by atoms with E-state index in [2.05, 4.69) is 12.6 Å². The number of methoxy groups -OCH3 is 2. The highest BCUT2D eigenvalue weighted by molar-refractivity contribution is 7.80. The lowest BCUT2D eigenvalue weighted by molar-refractivity contribution is -0.310. The molecule has 0 bridgehead atoms. The minimum Gasteiger partial charge on any atom is -0.376 e. The summed E-state index contributed by atoms with van der Waals surface area (Å²) in [6, 6.07) is 1.12. The summed E-state index contributed by atoms with van der Waals surface area (Å²) in [5.74, 6) is 0.0931. The largest absolute Gasteiger partial charge is 0.376 e. The minimum atomic E-state index is -0.831. The van der Waals surface area contributed by atoms with Gasteiger partial charge in [-0.05, 0) is 18.2 Å². The van der Waals surface area contributed by atoms with E-state index in [0.717, 1.165) is 18.2 Å². The third kappa shape index (κ3) is 5.16. The van der Waals surface area contributed by atoms with Crippen molar-refractivity contribution in [2.24, 2.45) is 0 Å². The molecule has 0 aromatic rings. The van der Waals surface area contributed by atoms with Crippen LogP contribution in [-0.2, 0) is 13.9 Å². The molecule has 0 aromatic carbocycles. The van der Waals surface area contributed by atoms with E-state index in [0.29, 0.717) is 0 Å². The van der Waals surface area contributed by atoms with Gasteiger partial charge in [-0.1, -0.05) is 0 Å². The summed E-state index contributed by atoms with van der Waals surface area (Å²) in [5, 5.41) is 0. The third-order valence-corrected chi connectivity index (χ3v) is 3.49. The monoisotopic (exact) mass is 210 g/mol. The third-order valence-electron chi connectivity index (χ3n) is 1.66. The maximum absolute atomic E-state index is 5.49. The predicted molar refractivity (Wildman–Crippen MR) is 55.3 cm³/mol. The summed E-state index contributed by atoms with van der Waals surface area (Å²) >= 11 is 4.12. The molecule has 0 heterocycles. The van der Waals surface area contributed by atoms with Crippen LogP contribution in [0.25, 0.3) is 0 Å². The van der Waals surface area contributed by atoms with Crippen molar-refractivity contribution in [3.05, 3.63) is 0 Å². The van der Waals surface area contributed by atoms with Gasteiger partial charge in [0.2, 0.25) is 0 Å². The zero-order valence-electron chi connectivity index (χ0n) is 8.00. The standard InChI is InChI=1S/C7H18O3SSi/c1-7(8-2,9-3)10-12-6-4-5-11/h11H,4-6,12H2,1-3H3. The predicted octanol–water partition coefficient (Wildman–Crippen LogP) is 0.791. The van der Waals surface area contributed by atoms with Gasteiger partial charge in [0.05, 0.1) is 0 Å². The SMILES string of the molecule is COC(C)(OC)O[SiH2]CCCS. The fourth-order valence-corrected chi connectivity index (χ4v) is 2.52. The zero-order chi connectivity index (χ0) is 9.45. The van der Waals surface area contributed by atoms with Gasteiger partial charge in [-0.2, -0.15) is 12.6 Å². The summed E-state index contributed by atoms with van der Waals surface area (Å²) in [6.45, 7) is 1.78. The van der Waals surface area contributed by atoms with E-state index in [1.165, 1.54) is 0 Å². The molecule has 12 heavy (non-hydrogen) atoms. The van der Waals surface area contributed by atoms with E-state index in [9.17, 15) is 0 Å². The van der Waals surface area contributed by atoms with E-state index in [1.807, 2.05) is 0 Å². The first kappa shape index (κ1) is 12.4. The van der Waals surface area contributed by atoms with Gasteiger partial charge in [0.1, 0.15) is 0 Å². The van der Waals surface area contributed by atoms with Crippen LogP contribution in [0.4, 0.5) is 0 Å². The van der Waals surface area contributed by atoms with Crippen molar-refractivity contribution in [1.29, 1.82) is 0 Å². The highest BCUT2D eigenvalue weighted by atomic mass is 32.1. The van der Waals surface area contributed by atoms with Gasteiger partial charge < -0.3 is 13.9 Å². The van der Waals surface area contributed by atoms with Crippen LogP contribution in [0, 0.1) is 0 Å². The highest BCUT2D eigenvalue weighted by Gasteiger charge is 2.22. The van der Waals surface area contributed by atoms with Crippen LogP contribution in [0.15, 0.2) is 0 Å².